The number of rotatable bonds is 53. The molecule has 9 nitrogen and oxygen atoms in total. The first-order valence-corrected chi connectivity index (χ1v) is 29.2. The van der Waals surface area contributed by atoms with E-state index in [4.69, 9.17) is 18.9 Å². The molecular weight excluding hydrogens is 899 g/mol. The second-order valence-corrected chi connectivity index (χ2v) is 20.5. The number of allylic oxidation sites excluding steroid dienone is 14. The molecule has 0 amide bonds. The summed E-state index contributed by atoms with van der Waals surface area (Å²) in [6.07, 6.45) is 67.8. The summed E-state index contributed by atoms with van der Waals surface area (Å²) in [6, 6.07) is 0. The molecule has 0 N–H and O–H groups in total. The Hall–Kier alpha value is -3.53. The molecule has 0 aliphatic heterocycles. The van der Waals surface area contributed by atoms with Crippen molar-refractivity contribution in [1.29, 1.82) is 0 Å². The summed E-state index contributed by atoms with van der Waals surface area (Å²) in [5.74, 6) is -2.30. The van der Waals surface area contributed by atoms with Crippen LogP contribution in [0.4, 0.5) is 0 Å². The van der Waals surface area contributed by atoms with Crippen LogP contribution in [0.2, 0.25) is 0 Å². The molecule has 0 bridgehead atoms. The Balaban J connectivity index is 4.19. The molecule has 0 rings (SSSR count). The van der Waals surface area contributed by atoms with Crippen molar-refractivity contribution < 1.29 is 42.9 Å². The number of esters is 2. The standard InChI is InChI=1S/C63H109NO8/c1-6-8-10-12-14-16-18-20-22-24-25-26-27-28-29-30-31-32-33-34-35-36-37-38-40-42-44-46-48-50-52-54-61(66)72-59(58-71-63(62(67)68)69-56-55-64(3,4)5)57-70-60(65)53-51-49-47-45-43-41-39-23-21-19-17-15-13-11-9-7-2/h8,10,14,16-17,19-20,22-23,25-26,28-29,39,59,63H,6-7,9,11-13,15,18,21,24,27,30-38,40-58H2,1-5H3/b10-8-,16-14-,19-17-,22-20-,26-25-,29-28-,39-23-. The lowest BCUT2D eigenvalue weighted by Gasteiger charge is -2.26. The second-order valence-electron chi connectivity index (χ2n) is 20.5. The van der Waals surface area contributed by atoms with Gasteiger partial charge in [0.05, 0.1) is 40.3 Å². The summed E-state index contributed by atoms with van der Waals surface area (Å²) in [5.41, 5.74) is 0. The Morgan fingerprint density at radius 3 is 1.18 bits per heavy atom. The monoisotopic (exact) mass is 1010 g/mol. The van der Waals surface area contributed by atoms with E-state index in [2.05, 4.69) is 98.9 Å². The topological polar surface area (TPSA) is 111 Å². The zero-order valence-corrected chi connectivity index (χ0v) is 47.0. The molecule has 0 saturated heterocycles. The molecule has 72 heavy (non-hydrogen) atoms. The van der Waals surface area contributed by atoms with Gasteiger partial charge >= 0.3 is 11.9 Å². The quantitative estimate of drug-likeness (QED) is 0.0195. The summed E-state index contributed by atoms with van der Waals surface area (Å²) < 4.78 is 22.7. The van der Waals surface area contributed by atoms with Crippen molar-refractivity contribution in [1.82, 2.24) is 0 Å². The van der Waals surface area contributed by atoms with Crippen molar-refractivity contribution in [3.8, 4) is 0 Å². The Morgan fingerprint density at radius 2 is 0.792 bits per heavy atom. The highest BCUT2D eigenvalue weighted by Crippen LogP contribution is 2.16. The van der Waals surface area contributed by atoms with E-state index in [0.717, 1.165) is 96.3 Å². The van der Waals surface area contributed by atoms with E-state index in [1.165, 1.54) is 109 Å². The fraction of sp³-hybridized carbons (Fsp3) is 0.730. The third kappa shape index (κ3) is 54.2. The van der Waals surface area contributed by atoms with E-state index < -0.39 is 24.3 Å². The summed E-state index contributed by atoms with van der Waals surface area (Å²) >= 11 is 0. The van der Waals surface area contributed by atoms with Gasteiger partial charge in [-0.25, -0.2) is 0 Å². The van der Waals surface area contributed by atoms with Gasteiger partial charge in [0.25, 0.3) is 0 Å². The number of ether oxygens (including phenoxy) is 4. The van der Waals surface area contributed by atoms with Crippen LogP contribution in [0.25, 0.3) is 0 Å². The summed E-state index contributed by atoms with van der Waals surface area (Å²) in [5, 5.41) is 11.8. The van der Waals surface area contributed by atoms with E-state index >= 15 is 0 Å². The number of carboxylic acids is 1. The van der Waals surface area contributed by atoms with Crippen LogP contribution in [-0.4, -0.2) is 82.3 Å². The molecule has 2 unspecified atom stereocenters. The Kier molecular flexibility index (Phi) is 51.1. The van der Waals surface area contributed by atoms with Crippen LogP contribution >= 0.6 is 0 Å². The Labute approximate surface area is 442 Å². The van der Waals surface area contributed by atoms with Gasteiger partial charge in [0.2, 0.25) is 0 Å². The molecule has 414 valence electrons. The highest BCUT2D eigenvalue weighted by atomic mass is 16.7. The van der Waals surface area contributed by atoms with Gasteiger partial charge in [-0.3, -0.25) is 9.59 Å². The van der Waals surface area contributed by atoms with Crippen LogP contribution in [0.15, 0.2) is 85.1 Å². The predicted octanol–water partition coefficient (Wildman–Crippen LogP) is 15.8. The minimum atomic E-state index is -1.63. The predicted molar refractivity (Wildman–Crippen MR) is 301 cm³/mol. The summed E-state index contributed by atoms with van der Waals surface area (Å²) in [4.78, 5) is 37.3. The number of nitrogens with zero attached hydrogens (tertiary/aromatic N) is 1. The average Bonchev–Trinajstić information content (AvgIpc) is 3.35. The number of hydrogen-bond donors (Lipinski definition) is 0. The lowest BCUT2D eigenvalue weighted by Crippen LogP contribution is -2.44. The van der Waals surface area contributed by atoms with Gasteiger partial charge in [-0.05, 0) is 89.9 Å². The van der Waals surface area contributed by atoms with Crippen molar-refractivity contribution >= 4 is 17.9 Å². The molecule has 0 aromatic rings. The van der Waals surface area contributed by atoms with Gasteiger partial charge in [-0.15, -0.1) is 0 Å². The van der Waals surface area contributed by atoms with Crippen molar-refractivity contribution in [2.24, 2.45) is 0 Å². The number of unbranched alkanes of at least 4 members (excludes halogenated alkanes) is 24. The minimum absolute atomic E-state index is 0.143. The number of quaternary nitrogens is 1. The first kappa shape index (κ1) is 68.5. The molecule has 2 atom stereocenters. The minimum Gasteiger partial charge on any atom is -0.545 e. The highest BCUT2D eigenvalue weighted by molar-refractivity contribution is 5.70. The van der Waals surface area contributed by atoms with Crippen LogP contribution in [0.1, 0.15) is 239 Å². The first-order chi connectivity index (χ1) is 35.1. The molecule has 0 saturated carbocycles. The van der Waals surface area contributed by atoms with E-state index in [0.29, 0.717) is 17.4 Å². The van der Waals surface area contributed by atoms with Crippen molar-refractivity contribution in [3.63, 3.8) is 0 Å². The van der Waals surface area contributed by atoms with Crippen LogP contribution in [0.5, 0.6) is 0 Å². The molecular formula is C63H109NO8. The van der Waals surface area contributed by atoms with Gasteiger partial charge in [0.1, 0.15) is 13.2 Å². The molecule has 0 heterocycles. The van der Waals surface area contributed by atoms with Gasteiger partial charge in [-0.1, -0.05) is 221 Å². The summed E-state index contributed by atoms with van der Waals surface area (Å²) in [7, 11) is 5.91. The molecule has 0 aliphatic carbocycles. The highest BCUT2D eigenvalue weighted by Gasteiger charge is 2.22. The number of likely N-dealkylation sites (N-methyl/N-ethyl adjacent to an activating group) is 1. The van der Waals surface area contributed by atoms with Crippen LogP contribution in [-0.2, 0) is 33.3 Å². The number of carbonyl (C=O) groups excluding carboxylic acids is 3. The maximum atomic E-state index is 12.9. The SMILES string of the molecule is CC/C=C\C/C=C\C/C=C\C/C=C\C/C=C\CCCCCCCCCCCCCCCCCC(=O)OC(COC(=O)CCCCCCC/C=C\C/C=C\CCCCCC)COC(OCC[N+](C)(C)C)C(=O)[O-]. The van der Waals surface area contributed by atoms with E-state index in [9.17, 15) is 19.5 Å². The van der Waals surface area contributed by atoms with Crippen LogP contribution in [0, 0.1) is 0 Å². The molecule has 0 spiro atoms. The Bertz CT molecular complexity index is 1450. The zero-order chi connectivity index (χ0) is 52.7. The van der Waals surface area contributed by atoms with Gasteiger partial charge in [-0.2, -0.15) is 0 Å². The van der Waals surface area contributed by atoms with E-state index in [-0.39, 0.29) is 38.6 Å². The normalized spacial score (nSPS) is 13.4. The second kappa shape index (κ2) is 53.8. The lowest BCUT2D eigenvalue weighted by atomic mass is 10.0. The maximum Gasteiger partial charge on any atom is 0.306 e. The molecule has 0 fully saturated rings. The van der Waals surface area contributed by atoms with Crippen molar-refractivity contribution in [2.45, 2.75) is 251 Å². The fourth-order valence-corrected chi connectivity index (χ4v) is 7.89. The smallest absolute Gasteiger partial charge is 0.306 e. The van der Waals surface area contributed by atoms with Gasteiger partial charge in [0, 0.05) is 12.8 Å². The number of hydrogen-bond acceptors (Lipinski definition) is 8. The van der Waals surface area contributed by atoms with Crippen molar-refractivity contribution in [2.75, 3.05) is 47.5 Å². The number of carboxylic acid groups (broad SMARTS) is 1. The molecule has 0 aromatic carbocycles. The largest absolute Gasteiger partial charge is 0.545 e. The van der Waals surface area contributed by atoms with Gasteiger partial charge in [0.15, 0.2) is 12.4 Å². The van der Waals surface area contributed by atoms with E-state index in [1.54, 1.807) is 0 Å². The lowest BCUT2D eigenvalue weighted by molar-refractivity contribution is -0.870. The number of carbonyl (C=O) groups is 3. The molecule has 9 heteroatoms. The molecule has 0 radical (unpaired) electrons. The molecule has 0 aliphatic rings. The number of aliphatic carboxylic acids is 1. The van der Waals surface area contributed by atoms with E-state index in [1.807, 2.05) is 21.1 Å². The van der Waals surface area contributed by atoms with Gasteiger partial charge < -0.3 is 33.3 Å². The fourth-order valence-electron chi connectivity index (χ4n) is 7.89. The third-order valence-corrected chi connectivity index (χ3v) is 12.4. The average molecular weight is 1010 g/mol. The maximum absolute atomic E-state index is 12.9. The summed E-state index contributed by atoms with van der Waals surface area (Å²) in [6.45, 7) is 4.60. The first-order valence-electron chi connectivity index (χ1n) is 29.2. The zero-order valence-electron chi connectivity index (χ0n) is 47.0. The molecule has 0 aromatic heterocycles. The Morgan fingerprint density at radius 1 is 0.431 bits per heavy atom. The van der Waals surface area contributed by atoms with Crippen LogP contribution < -0.4 is 5.11 Å². The van der Waals surface area contributed by atoms with Crippen LogP contribution in [0.3, 0.4) is 0 Å². The van der Waals surface area contributed by atoms with Crippen molar-refractivity contribution in [3.05, 3.63) is 85.1 Å². The third-order valence-electron chi connectivity index (χ3n) is 12.4.